The van der Waals surface area contributed by atoms with Gasteiger partial charge in [0.2, 0.25) is 11.8 Å². The topological polar surface area (TPSA) is 130 Å². The molecular formula is C44H50N4O6. The zero-order chi connectivity index (χ0) is 37.2. The number of nitrogens with one attached hydrogen (secondary N) is 2. The number of rotatable bonds is 9. The van der Waals surface area contributed by atoms with E-state index in [0.717, 1.165) is 65.1 Å². The van der Waals surface area contributed by atoms with Crippen LogP contribution in [0.4, 0.5) is 0 Å². The molecule has 54 heavy (non-hydrogen) atoms. The van der Waals surface area contributed by atoms with E-state index in [4.69, 9.17) is 9.84 Å². The van der Waals surface area contributed by atoms with Crippen LogP contribution in [-0.4, -0.2) is 76.1 Å². The van der Waals surface area contributed by atoms with Crippen LogP contribution < -0.4 is 10.6 Å². The lowest BCUT2D eigenvalue weighted by Gasteiger charge is -2.35. The quantitative estimate of drug-likeness (QED) is 0.209. The number of amides is 3. The van der Waals surface area contributed by atoms with Gasteiger partial charge in [-0.1, -0.05) is 86.7 Å². The molecule has 8 rings (SSSR count). The molecule has 2 atom stereocenters. The van der Waals surface area contributed by atoms with E-state index in [1.165, 1.54) is 30.9 Å². The molecule has 1 saturated heterocycles. The molecular weight excluding hydrogens is 681 g/mol. The molecule has 3 aromatic rings. The Morgan fingerprint density at radius 1 is 0.907 bits per heavy atom. The summed E-state index contributed by atoms with van der Waals surface area (Å²) in [7, 11) is 0. The van der Waals surface area contributed by atoms with E-state index in [2.05, 4.69) is 45.5 Å². The second kappa shape index (κ2) is 15.4. The van der Waals surface area contributed by atoms with Crippen molar-refractivity contribution in [2.24, 2.45) is 0 Å². The molecule has 2 aliphatic heterocycles. The van der Waals surface area contributed by atoms with Gasteiger partial charge in [-0.3, -0.25) is 14.4 Å². The van der Waals surface area contributed by atoms with Gasteiger partial charge in [0.15, 0.2) is 0 Å². The molecule has 2 unspecified atom stereocenters. The first-order valence-electron chi connectivity index (χ1n) is 19.9. The third-order valence-electron chi connectivity index (χ3n) is 12.3. The number of aliphatic carboxylic acids is 1. The third-order valence-corrected chi connectivity index (χ3v) is 12.3. The van der Waals surface area contributed by atoms with Crippen LogP contribution in [0.5, 0.6) is 0 Å². The summed E-state index contributed by atoms with van der Waals surface area (Å²) in [4.78, 5) is 56.0. The van der Waals surface area contributed by atoms with Crippen molar-refractivity contribution in [1.29, 1.82) is 0 Å². The minimum Gasteiger partial charge on any atom is -0.478 e. The summed E-state index contributed by atoms with van der Waals surface area (Å²) in [6.07, 6.45) is 18.5. The fraction of sp³-hybridized carbons (Fsp3) is 0.455. The van der Waals surface area contributed by atoms with Gasteiger partial charge in [0.1, 0.15) is 11.6 Å². The Bertz CT molecular complexity index is 2030. The van der Waals surface area contributed by atoms with E-state index in [0.29, 0.717) is 69.9 Å². The highest BCUT2D eigenvalue weighted by Crippen LogP contribution is 2.49. The van der Waals surface area contributed by atoms with Gasteiger partial charge in [-0.05, 0) is 85.3 Å². The molecule has 5 aliphatic rings. The van der Waals surface area contributed by atoms with Gasteiger partial charge in [-0.25, -0.2) is 4.79 Å². The highest BCUT2D eigenvalue weighted by Gasteiger charge is 2.44. The van der Waals surface area contributed by atoms with Crippen molar-refractivity contribution in [2.45, 2.75) is 101 Å². The largest absolute Gasteiger partial charge is 0.478 e. The van der Waals surface area contributed by atoms with Crippen LogP contribution in [0, 0.1) is 0 Å². The van der Waals surface area contributed by atoms with E-state index in [9.17, 15) is 19.2 Å². The lowest BCUT2D eigenvalue weighted by atomic mass is 9.81. The van der Waals surface area contributed by atoms with Crippen LogP contribution >= 0.6 is 0 Å². The van der Waals surface area contributed by atoms with E-state index >= 15 is 0 Å². The second-order valence-corrected chi connectivity index (χ2v) is 15.6. The predicted molar refractivity (Wildman–Crippen MR) is 207 cm³/mol. The fourth-order valence-corrected chi connectivity index (χ4v) is 9.62. The van der Waals surface area contributed by atoms with Gasteiger partial charge < -0.3 is 29.9 Å². The first-order valence-corrected chi connectivity index (χ1v) is 19.9. The van der Waals surface area contributed by atoms with Crippen molar-refractivity contribution in [1.82, 2.24) is 20.1 Å². The van der Waals surface area contributed by atoms with Crippen LogP contribution in [-0.2, 0) is 25.5 Å². The SMILES string of the molecule is O=C(O)/C=C/C1=CCC(NC(=O)C2(NC(=O)c3ccc4c(C5CCCCC5)c(-c5ccccc5)n5c4c3CCC5C(=O)N3CCOCC3)CCCC2)C=C1. The standard InChI is InChI=1S/C44H50N4O6/c49-37(50)22-15-29-13-16-32(17-14-29)45-43(53)44(23-7-8-24-44)46-41(51)34-18-19-35-38(30-9-3-1-4-10-30)39(31-11-5-2-6-12-31)48-36(21-20-33(34)40(35)48)42(52)47-25-27-54-28-26-47/h2,5-6,11-16,18-19,22,30,32,36H,1,3-4,7-10,17,20-21,23-28H2,(H,45,53)(H,46,51)(H,49,50)/b22-15+. The lowest BCUT2D eigenvalue weighted by Crippen LogP contribution is -2.58. The van der Waals surface area contributed by atoms with Crippen molar-refractivity contribution >= 4 is 34.6 Å². The summed E-state index contributed by atoms with van der Waals surface area (Å²) in [5, 5.41) is 16.5. The van der Waals surface area contributed by atoms with Crippen LogP contribution in [0.1, 0.15) is 104 Å². The molecule has 3 aliphatic carbocycles. The molecule has 3 amide bonds. The zero-order valence-corrected chi connectivity index (χ0v) is 30.9. The average molecular weight is 731 g/mol. The number of aryl methyl sites for hydroxylation is 1. The number of ether oxygens (including phenoxy) is 1. The number of carbonyl (C=O) groups is 4. The molecule has 2 saturated carbocycles. The number of hydrogen-bond acceptors (Lipinski definition) is 5. The van der Waals surface area contributed by atoms with Gasteiger partial charge in [-0.15, -0.1) is 0 Å². The summed E-state index contributed by atoms with van der Waals surface area (Å²) in [6, 6.07) is 13.9. The smallest absolute Gasteiger partial charge is 0.328 e. The predicted octanol–water partition coefficient (Wildman–Crippen LogP) is 6.76. The highest BCUT2D eigenvalue weighted by molar-refractivity contribution is 6.06. The average Bonchev–Trinajstić information content (AvgIpc) is 3.83. The Labute approximate surface area is 316 Å². The number of carboxylic acids is 1. The number of carboxylic acid groups (broad SMARTS) is 1. The molecule has 0 bridgehead atoms. The molecule has 0 radical (unpaired) electrons. The highest BCUT2D eigenvalue weighted by atomic mass is 16.5. The third kappa shape index (κ3) is 6.92. The molecule has 282 valence electrons. The Hall–Kier alpha value is -4.96. The molecule has 2 aromatic carbocycles. The molecule has 10 heteroatoms. The molecule has 3 N–H and O–H groups in total. The van der Waals surface area contributed by atoms with Crippen molar-refractivity contribution in [3.8, 4) is 11.3 Å². The maximum Gasteiger partial charge on any atom is 0.328 e. The zero-order valence-electron chi connectivity index (χ0n) is 30.9. The number of benzene rings is 2. The van der Waals surface area contributed by atoms with E-state index in [1.807, 2.05) is 35.3 Å². The molecule has 3 fully saturated rings. The Kier molecular flexibility index (Phi) is 10.3. The Morgan fingerprint density at radius 2 is 1.67 bits per heavy atom. The number of carbonyl (C=O) groups excluding carboxylic acids is 3. The van der Waals surface area contributed by atoms with Gasteiger partial charge in [-0.2, -0.15) is 0 Å². The maximum atomic E-state index is 14.6. The van der Waals surface area contributed by atoms with Gasteiger partial charge >= 0.3 is 5.97 Å². The molecule has 0 spiro atoms. The van der Waals surface area contributed by atoms with Crippen LogP contribution in [0.3, 0.4) is 0 Å². The van der Waals surface area contributed by atoms with Gasteiger partial charge in [0.25, 0.3) is 5.91 Å². The number of aromatic nitrogens is 1. The minimum absolute atomic E-state index is 0.112. The normalized spacial score (nSPS) is 22.7. The van der Waals surface area contributed by atoms with Crippen LogP contribution in [0.15, 0.2) is 78.4 Å². The van der Waals surface area contributed by atoms with Crippen molar-refractivity contribution < 1.29 is 29.0 Å². The summed E-state index contributed by atoms with van der Waals surface area (Å²) < 4.78 is 7.91. The van der Waals surface area contributed by atoms with E-state index in [1.54, 1.807) is 0 Å². The van der Waals surface area contributed by atoms with Gasteiger partial charge in [0.05, 0.1) is 30.5 Å². The molecule has 3 heterocycles. The Balaban J connectivity index is 1.16. The maximum absolute atomic E-state index is 14.6. The van der Waals surface area contributed by atoms with Gasteiger partial charge in [0, 0.05) is 30.1 Å². The van der Waals surface area contributed by atoms with Crippen molar-refractivity contribution in [3.63, 3.8) is 0 Å². The number of nitrogens with zero attached hydrogens (tertiary/aromatic N) is 2. The monoisotopic (exact) mass is 730 g/mol. The number of morpholine rings is 1. The van der Waals surface area contributed by atoms with E-state index in [-0.39, 0.29) is 23.8 Å². The summed E-state index contributed by atoms with van der Waals surface area (Å²) in [5.74, 6) is -0.985. The van der Waals surface area contributed by atoms with E-state index < -0.39 is 17.6 Å². The molecule has 10 nitrogen and oxygen atoms in total. The molecule has 1 aromatic heterocycles. The number of allylic oxidation sites excluding steroid dienone is 3. The summed E-state index contributed by atoms with van der Waals surface area (Å²) >= 11 is 0. The fourth-order valence-electron chi connectivity index (χ4n) is 9.62. The number of hydrogen-bond donors (Lipinski definition) is 3. The van der Waals surface area contributed by atoms with Crippen molar-refractivity contribution in [3.05, 3.63) is 95.1 Å². The second-order valence-electron chi connectivity index (χ2n) is 15.6. The first-order chi connectivity index (χ1) is 26.3. The Morgan fingerprint density at radius 3 is 2.37 bits per heavy atom. The van der Waals surface area contributed by atoms with Crippen LogP contribution in [0.2, 0.25) is 0 Å². The lowest BCUT2D eigenvalue weighted by molar-refractivity contribution is -0.139. The van der Waals surface area contributed by atoms with Crippen molar-refractivity contribution in [2.75, 3.05) is 26.3 Å². The summed E-state index contributed by atoms with van der Waals surface area (Å²) in [6.45, 7) is 2.22. The first kappa shape index (κ1) is 36.0. The van der Waals surface area contributed by atoms with Crippen LogP contribution in [0.25, 0.3) is 22.2 Å². The summed E-state index contributed by atoms with van der Waals surface area (Å²) in [5.41, 5.74) is 5.74. The minimum atomic E-state index is -1.03.